The first-order valence-corrected chi connectivity index (χ1v) is 5.03. The second-order valence-corrected chi connectivity index (χ2v) is 4.47. The monoisotopic (exact) mass is 203 g/mol. The van der Waals surface area contributed by atoms with Crippen molar-refractivity contribution < 1.29 is 4.42 Å². The number of rotatable bonds is 1. The van der Waals surface area contributed by atoms with E-state index in [-0.39, 0.29) is 5.54 Å². The Kier molecular flexibility index (Phi) is 1.59. The van der Waals surface area contributed by atoms with Crippen molar-refractivity contribution >= 4 is 17.1 Å². The normalized spacial score (nSPS) is 19.2. The lowest BCUT2D eigenvalue weighted by atomic mass is 9.95. The second-order valence-electron chi connectivity index (χ2n) is 4.47. The van der Waals surface area contributed by atoms with E-state index in [1.807, 2.05) is 31.2 Å². The van der Waals surface area contributed by atoms with Gasteiger partial charge in [0.15, 0.2) is 5.58 Å². The van der Waals surface area contributed by atoms with Gasteiger partial charge in [-0.1, -0.05) is 12.1 Å². The first-order valence-electron chi connectivity index (χ1n) is 5.03. The molecule has 0 amide bonds. The molecule has 78 valence electrons. The van der Waals surface area contributed by atoms with Crippen LogP contribution in [0.5, 0.6) is 0 Å². The summed E-state index contributed by atoms with van der Waals surface area (Å²) in [7, 11) is 0. The third-order valence-corrected chi connectivity index (χ3v) is 2.66. The molecule has 1 aromatic heterocycles. The van der Waals surface area contributed by atoms with E-state index in [1.54, 1.807) is 0 Å². The summed E-state index contributed by atoms with van der Waals surface area (Å²) in [4.78, 5) is 6.46. The van der Waals surface area contributed by atoms with Crippen LogP contribution in [-0.2, 0) is 0 Å². The van der Waals surface area contributed by atoms with E-state index in [0.717, 1.165) is 24.2 Å². The van der Waals surface area contributed by atoms with Gasteiger partial charge in [0.1, 0.15) is 5.52 Å². The summed E-state index contributed by atoms with van der Waals surface area (Å²) in [6.07, 6.45) is 0. The van der Waals surface area contributed by atoms with Crippen molar-refractivity contribution in [2.24, 2.45) is 5.73 Å². The van der Waals surface area contributed by atoms with Gasteiger partial charge in [-0.3, -0.25) is 0 Å². The number of nitrogens with zero attached hydrogens (tertiary/aromatic N) is 2. The second kappa shape index (κ2) is 2.73. The van der Waals surface area contributed by atoms with E-state index in [9.17, 15) is 0 Å². The minimum absolute atomic E-state index is 0.0966. The average molecular weight is 203 g/mol. The van der Waals surface area contributed by atoms with Crippen molar-refractivity contribution in [2.45, 2.75) is 12.5 Å². The van der Waals surface area contributed by atoms with E-state index in [4.69, 9.17) is 10.2 Å². The van der Waals surface area contributed by atoms with Gasteiger partial charge in [0.2, 0.25) is 0 Å². The molecule has 0 atom stereocenters. The van der Waals surface area contributed by atoms with Crippen molar-refractivity contribution in [3.63, 3.8) is 0 Å². The van der Waals surface area contributed by atoms with Gasteiger partial charge in [-0.2, -0.15) is 4.98 Å². The van der Waals surface area contributed by atoms with Gasteiger partial charge in [0.25, 0.3) is 6.01 Å². The Morgan fingerprint density at radius 1 is 1.40 bits per heavy atom. The van der Waals surface area contributed by atoms with Gasteiger partial charge in [-0.15, -0.1) is 0 Å². The summed E-state index contributed by atoms with van der Waals surface area (Å²) in [5.74, 6) is 0. The fraction of sp³-hybridized carbons (Fsp3) is 0.364. The summed E-state index contributed by atoms with van der Waals surface area (Å²) < 4.78 is 5.62. The number of para-hydroxylation sites is 2. The summed E-state index contributed by atoms with van der Waals surface area (Å²) >= 11 is 0. The molecule has 4 nitrogen and oxygen atoms in total. The molecular weight excluding hydrogens is 190 g/mol. The molecule has 1 aliphatic rings. The molecule has 0 bridgehead atoms. The number of anilines is 1. The Morgan fingerprint density at radius 3 is 2.80 bits per heavy atom. The maximum Gasteiger partial charge on any atom is 0.298 e. The van der Waals surface area contributed by atoms with Gasteiger partial charge in [-0.05, 0) is 19.1 Å². The number of nitrogens with two attached hydrogens (primary N) is 1. The third-order valence-electron chi connectivity index (χ3n) is 2.66. The molecule has 0 aliphatic carbocycles. The largest absolute Gasteiger partial charge is 0.423 e. The summed E-state index contributed by atoms with van der Waals surface area (Å²) in [5, 5.41) is 0. The molecule has 2 heterocycles. The molecule has 0 spiro atoms. The van der Waals surface area contributed by atoms with E-state index in [2.05, 4.69) is 9.88 Å². The van der Waals surface area contributed by atoms with Crippen molar-refractivity contribution in [2.75, 3.05) is 18.0 Å². The van der Waals surface area contributed by atoms with Gasteiger partial charge < -0.3 is 15.1 Å². The Hall–Kier alpha value is -1.55. The highest BCUT2D eigenvalue weighted by Gasteiger charge is 2.37. The fourth-order valence-electron chi connectivity index (χ4n) is 1.96. The zero-order valence-electron chi connectivity index (χ0n) is 8.60. The number of oxazole rings is 1. The lowest BCUT2D eigenvalue weighted by molar-refractivity contribution is 0.342. The molecule has 15 heavy (non-hydrogen) atoms. The molecule has 3 rings (SSSR count). The molecule has 0 unspecified atom stereocenters. The van der Waals surface area contributed by atoms with Gasteiger partial charge in [-0.25, -0.2) is 0 Å². The minimum atomic E-state index is -0.0966. The third kappa shape index (κ3) is 1.37. The maximum atomic E-state index is 5.93. The van der Waals surface area contributed by atoms with Crippen LogP contribution >= 0.6 is 0 Å². The fourth-order valence-corrected chi connectivity index (χ4v) is 1.96. The Bertz CT molecular complexity index is 462. The predicted octanol–water partition coefficient (Wildman–Crippen LogP) is 1.37. The Morgan fingerprint density at radius 2 is 2.13 bits per heavy atom. The lowest BCUT2D eigenvalue weighted by Crippen LogP contribution is -2.65. The van der Waals surface area contributed by atoms with Crippen LogP contribution < -0.4 is 10.6 Å². The molecule has 1 aliphatic heterocycles. The average Bonchev–Trinajstić information content (AvgIpc) is 2.56. The molecule has 1 aromatic carbocycles. The maximum absolute atomic E-state index is 5.93. The molecule has 4 heteroatoms. The van der Waals surface area contributed by atoms with Crippen LogP contribution in [0.2, 0.25) is 0 Å². The topological polar surface area (TPSA) is 55.3 Å². The highest BCUT2D eigenvalue weighted by molar-refractivity contribution is 5.74. The number of hydrogen-bond acceptors (Lipinski definition) is 4. The zero-order valence-corrected chi connectivity index (χ0v) is 8.60. The molecule has 2 aromatic rings. The standard InChI is InChI=1S/C11H13N3O/c1-11(12)6-14(7-11)10-13-8-4-2-3-5-9(8)15-10/h2-5H,6-7,12H2,1H3. The summed E-state index contributed by atoms with van der Waals surface area (Å²) in [5.41, 5.74) is 7.57. The number of fused-ring (bicyclic) bond motifs is 1. The first-order chi connectivity index (χ1) is 7.14. The Labute approximate surface area is 87.7 Å². The number of aromatic nitrogens is 1. The minimum Gasteiger partial charge on any atom is -0.423 e. The SMILES string of the molecule is CC1(N)CN(c2nc3ccccc3o2)C1. The quantitative estimate of drug-likeness (QED) is 0.760. The molecule has 0 radical (unpaired) electrons. The molecule has 1 saturated heterocycles. The van der Waals surface area contributed by atoms with Crippen LogP contribution in [0.15, 0.2) is 28.7 Å². The molecule has 2 N–H and O–H groups in total. The van der Waals surface area contributed by atoms with Crippen LogP contribution in [0.1, 0.15) is 6.92 Å². The molecular formula is C11H13N3O. The highest BCUT2D eigenvalue weighted by atomic mass is 16.4. The van der Waals surface area contributed by atoms with Gasteiger partial charge in [0.05, 0.1) is 0 Å². The van der Waals surface area contributed by atoms with Gasteiger partial charge >= 0.3 is 0 Å². The number of hydrogen-bond donors (Lipinski definition) is 1. The van der Waals surface area contributed by atoms with Crippen LogP contribution in [0.4, 0.5) is 6.01 Å². The Balaban J connectivity index is 1.93. The van der Waals surface area contributed by atoms with Crippen LogP contribution in [-0.4, -0.2) is 23.6 Å². The summed E-state index contributed by atoms with van der Waals surface area (Å²) in [6.45, 7) is 3.64. The van der Waals surface area contributed by atoms with Crippen molar-refractivity contribution in [3.05, 3.63) is 24.3 Å². The van der Waals surface area contributed by atoms with Crippen molar-refractivity contribution in [1.82, 2.24) is 4.98 Å². The van der Waals surface area contributed by atoms with E-state index in [1.165, 1.54) is 0 Å². The van der Waals surface area contributed by atoms with Crippen LogP contribution in [0.25, 0.3) is 11.1 Å². The van der Waals surface area contributed by atoms with E-state index in [0.29, 0.717) is 6.01 Å². The smallest absolute Gasteiger partial charge is 0.298 e. The van der Waals surface area contributed by atoms with E-state index >= 15 is 0 Å². The van der Waals surface area contributed by atoms with Crippen LogP contribution in [0, 0.1) is 0 Å². The molecule has 1 fully saturated rings. The zero-order chi connectivity index (χ0) is 10.5. The summed E-state index contributed by atoms with van der Waals surface area (Å²) in [6, 6.07) is 8.45. The molecule has 0 saturated carbocycles. The van der Waals surface area contributed by atoms with E-state index < -0.39 is 0 Å². The first kappa shape index (κ1) is 8.73. The number of benzene rings is 1. The van der Waals surface area contributed by atoms with Crippen LogP contribution in [0.3, 0.4) is 0 Å². The van der Waals surface area contributed by atoms with Crippen molar-refractivity contribution in [1.29, 1.82) is 0 Å². The van der Waals surface area contributed by atoms with Crippen molar-refractivity contribution in [3.8, 4) is 0 Å². The predicted molar refractivity (Wildman–Crippen MR) is 58.8 cm³/mol. The van der Waals surface area contributed by atoms with Gasteiger partial charge in [0, 0.05) is 18.6 Å². The lowest BCUT2D eigenvalue weighted by Gasteiger charge is -2.44. The highest BCUT2D eigenvalue weighted by Crippen LogP contribution is 2.27.